The molecular formula is C16H27ClN2OS. The Morgan fingerprint density at radius 3 is 2.67 bits per heavy atom. The number of amides is 1. The molecule has 0 saturated carbocycles. The molecule has 5 heteroatoms. The molecule has 1 atom stereocenters. The smallest absolute Gasteiger partial charge is 0.261 e. The van der Waals surface area contributed by atoms with E-state index in [2.05, 4.69) is 25.2 Å². The highest BCUT2D eigenvalue weighted by Crippen LogP contribution is 2.30. The predicted molar refractivity (Wildman–Crippen MR) is 92.6 cm³/mol. The first-order valence-corrected chi connectivity index (χ1v) is 8.39. The molecule has 1 aromatic heterocycles. The quantitative estimate of drug-likeness (QED) is 0.867. The summed E-state index contributed by atoms with van der Waals surface area (Å²) in [6.07, 6.45) is 5.66. The van der Waals surface area contributed by atoms with Crippen molar-refractivity contribution in [3.63, 3.8) is 0 Å². The van der Waals surface area contributed by atoms with Gasteiger partial charge in [-0.1, -0.05) is 13.8 Å². The molecule has 120 valence electrons. The molecule has 1 aromatic rings. The average molecular weight is 331 g/mol. The highest BCUT2D eigenvalue weighted by Gasteiger charge is 2.27. The van der Waals surface area contributed by atoms with Crippen molar-refractivity contribution in [3.8, 4) is 0 Å². The van der Waals surface area contributed by atoms with E-state index in [0.29, 0.717) is 12.5 Å². The number of carbonyl (C=O) groups is 1. The van der Waals surface area contributed by atoms with Crippen molar-refractivity contribution in [1.82, 2.24) is 5.32 Å². The third kappa shape index (κ3) is 4.70. The van der Waals surface area contributed by atoms with Gasteiger partial charge in [0.05, 0.1) is 10.4 Å². The fourth-order valence-electron chi connectivity index (χ4n) is 3.02. The number of fused-ring (bicyclic) bond motifs is 1. The van der Waals surface area contributed by atoms with E-state index in [1.54, 1.807) is 11.3 Å². The highest BCUT2D eigenvalue weighted by molar-refractivity contribution is 7.14. The molecule has 0 saturated heterocycles. The number of aryl methyl sites for hydroxylation is 2. The van der Waals surface area contributed by atoms with E-state index in [-0.39, 0.29) is 23.9 Å². The Hall–Kier alpha value is -0.580. The van der Waals surface area contributed by atoms with Crippen molar-refractivity contribution in [2.75, 3.05) is 6.54 Å². The standard InChI is InChI=1S/C16H26N2OS.ClH/c1-11(2)9-16(3,10-17)18-15(19)14-8-12-6-4-5-7-13(12)20-14;/h8,11H,4-7,9-10,17H2,1-3H3,(H,18,19);1H. The molecule has 1 amide bonds. The molecule has 3 nitrogen and oxygen atoms in total. The van der Waals surface area contributed by atoms with Crippen molar-refractivity contribution in [2.24, 2.45) is 11.7 Å². The summed E-state index contributed by atoms with van der Waals surface area (Å²) in [7, 11) is 0. The van der Waals surface area contributed by atoms with Crippen LogP contribution >= 0.6 is 23.7 Å². The molecule has 21 heavy (non-hydrogen) atoms. The molecule has 1 aliphatic rings. The van der Waals surface area contributed by atoms with Gasteiger partial charge in [0.25, 0.3) is 5.91 Å². The Bertz CT molecular complexity index is 463. The third-order valence-electron chi connectivity index (χ3n) is 3.94. The maximum atomic E-state index is 12.5. The first-order chi connectivity index (χ1) is 9.43. The van der Waals surface area contributed by atoms with Gasteiger partial charge in [-0.25, -0.2) is 0 Å². The number of hydrogen-bond acceptors (Lipinski definition) is 3. The second-order valence-electron chi connectivity index (χ2n) is 6.58. The van der Waals surface area contributed by atoms with Gasteiger partial charge in [-0.3, -0.25) is 4.79 Å². The number of thiophene rings is 1. The molecule has 0 radical (unpaired) electrons. The predicted octanol–water partition coefficient (Wildman–Crippen LogP) is 3.54. The van der Waals surface area contributed by atoms with Gasteiger partial charge in [-0.05, 0) is 56.6 Å². The lowest BCUT2D eigenvalue weighted by Crippen LogP contribution is -2.52. The van der Waals surface area contributed by atoms with Crippen LogP contribution in [0.4, 0.5) is 0 Å². The maximum absolute atomic E-state index is 12.5. The number of halogens is 1. The van der Waals surface area contributed by atoms with Gasteiger partial charge in [0.2, 0.25) is 0 Å². The lowest BCUT2D eigenvalue weighted by Gasteiger charge is -2.31. The second kappa shape index (κ2) is 7.61. The van der Waals surface area contributed by atoms with Crippen molar-refractivity contribution in [1.29, 1.82) is 0 Å². The first-order valence-electron chi connectivity index (χ1n) is 7.58. The molecule has 0 aliphatic heterocycles. The van der Waals surface area contributed by atoms with Gasteiger partial charge in [0.15, 0.2) is 0 Å². The van der Waals surface area contributed by atoms with Gasteiger partial charge in [-0.15, -0.1) is 23.7 Å². The largest absolute Gasteiger partial charge is 0.345 e. The zero-order valence-electron chi connectivity index (χ0n) is 13.2. The van der Waals surface area contributed by atoms with Crippen LogP contribution in [-0.2, 0) is 12.8 Å². The van der Waals surface area contributed by atoms with Crippen molar-refractivity contribution in [2.45, 2.75) is 58.4 Å². The maximum Gasteiger partial charge on any atom is 0.261 e. The van der Waals surface area contributed by atoms with Gasteiger partial charge in [0.1, 0.15) is 0 Å². The SMILES string of the molecule is CC(C)CC(C)(CN)NC(=O)c1cc2c(s1)CCCC2.Cl. The Balaban J connectivity index is 0.00000220. The monoisotopic (exact) mass is 330 g/mol. The molecule has 0 bridgehead atoms. The lowest BCUT2D eigenvalue weighted by molar-refractivity contribution is 0.0902. The average Bonchev–Trinajstić information content (AvgIpc) is 2.81. The van der Waals surface area contributed by atoms with E-state index in [1.165, 1.54) is 23.3 Å². The zero-order chi connectivity index (χ0) is 14.8. The molecule has 1 aliphatic carbocycles. The van der Waals surface area contributed by atoms with Crippen LogP contribution in [0.25, 0.3) is 0 Å². The van der Waals surface area contributed by atoms with Gasteiger partial charge in [-0.2, -0.15) is 0 Å². The number of nitrogens with one attached hydrogen (secondary N) is 1. The Morgan fingerprint density at radius 2 is 2.10 bits per heavy atom. The molecule has 1 unspecified atom stereocenters. The summed E-state index contributed by atoms with van der Waals surface area (Å²) in [6.45, 7) is 6.83. The molecule has 0 aromatic carbocycles. The third-order valence-corrected chi connectivity index (χ3v) is 5.18. The molecular weight excluding hydrogens is 304 g/mol. The molecule has 0 fully saturated rings. The summed E-state index contributed by atoms with van der Waals surface area (Å²) in [5.74, 6) is 0.554. The van der Waals surface area contributed by atoms with E-state index in [1.807, 2.05) is 6.92 Å². The van der Waals surface area contributed by atoms with Gasteiger partial charge >= 0.3 is 0 Å². The van der Waals surface area contributed by atoms with Crippen LogP contribution in [0.3, 0.4) is 0 Å². The van der Waals surface area contributed by atoms with Crippen LogP contribution in [0.1, 0.15) is 60.1 Å². The highest BCUT2D eigenvalue weighted by atomic mass is 35.5. The van der Waals surface area contributed by atoms with E-state index in [4.69, 9.17) is 5.73 Å². The number of nitrogens with two attached hydrogens (primary N) is 1. The van der Waals surface area contributed by atoms with Crippen LogP contribution in [0.5, 0.6) is 0 Å². The lowest BCUT2D eigenvalue weighted by atomic mass is 9.90. The summed E-state index contributed by atoms with van der Waals surface area (Å²) in [6, 6.07) is 2.08. The summed E-state index contributed by atoms with van der Waals surface area (Å²) in [5, 5.41) is 3.15. The van der Waals surface area contributed by atoms with E-state index in [0.717, 1.165) is 24.1 Å². The van der Waals surface area contributed by atoms with E-state index in [9.17, 15) is 4.79 Å². The van der Waals surface area contributed by atoms with Crippen LogP contribution in [0, 0.1) is 5.92 Å². The van der Waals surface area contributed by atoms with E-state index < -0.39 is 0 Å². The minimum absolute atomic E-state index is 0. The summed E-state index contributed by atoms with van der Waals surface area (Å²) >= 11 is 1.66. The van der Waals surface area contributed by atoms with Crippen LogP contribution in [0.15, 0.2) is 6.07 Å². The Morgan fingerprint density at radius 1 is 1.43 bits per heavy atom. The number of carbonyl (C=O) groups excluding carboxylic acids is 1. The summed E-state index contributed by atoms with van der Waals surface area (Å²) in [4.78, 5) is 14.7. The van der Waals surface area contributed by atoms with Crippen molar-refractivity contribution >= 4 is 29.7 Å². The van der Waals surface area contributed by atoms with Crippen molar-refractivity contribution in [3.05, 3.63) is 21.4 Å². The van der Waals surface area contributed by atoms with Crippen LogP contribution in [-0.4, -0.2) is 18.0 Å². The summed E-state index contributed by atoms with van der Waals surface area (Å²) in [5.41, 5.74) is 6.94. The Kier molecular flexibility index (Phi) is 6.70. The van der Waals surface area contributed by atoms with Gasteiger partial charge in [0, 0.05) is 11.4 Å². The van der Waals surface area contributed by atoms with Crippen molar-refractivity contribution < 1.29 is 4.79 Å². The first kappa shape index (κ1) is 18.5. The minimum atomic E-state index is -0.310. The zero-order valence-corrected chi connectivity index (χ0v) is 14.8. The van der Waals surface area contributed by atoms with Crippen LogP contribution < -0.4 is 11.1 Å². The Labute approximate surface area is 138 Å². The molecule has 3 N–H and O–H groups in total. The fraction of sp³-hybridized carbons (Fsp3) is 0.688. The summed E-state index contributed by atoms with van der Waals surface area (Å²) < 4.78 is 0. The molecule has 1 heterocycles. The van der Waals surface area contributed by atoms with E-state index >= 15 is 0 Å². The fourth-order valence-corrected chi connectivity index (χ4v) is 4.17. The molecule has 2 rings (SSSR count). The van der Waals surface area contributed by atoms with Gasteiger partial charge < -0.3 is 11.1 Å². The number of rotatable bonds is 5. The molecule has 0 spiro atoms. The second-order valence-corrected chi connectivity index (χ2v) is 7.72. The van der Waals surface area contributed by atoms with Crippen LogP contribution in [0.2, 0.25) is 0 Å². The number of hydrogen-bond donors (Lipinski definition) is 2. The topological polar surface area (TPSA) is 55.1 Å². The normalized spacial score (nSPS) is 16.8. The minimum Gasteiger partial charge on any atom is -0.345 e.